The van der Waals surface area contributed by atoms with E-state index in [9.17, 15) is 9.59 Å². The molecule has 0 aromatic heterocycles. The highest BCUT2D eigenvalue weighted by Crippen LogP contribution is 2.88. The van der Waals surface area contributed by atoms with E-state index in [-0.39, 0.29) is 21.7 Å². The number of ether oxygens (including phenoxy) is 6. The lowest BCUT2D eigenvalue weighted by molar-refractivity contribution is 0.0352. The van der Waals surface area contributed by atoms with Crippen molar-refractivity contribution in [1.29, 1.82) is 0 Å². The maximum Gasteiger partial charge on any atom is 0.407 e. The molecule has 0 bridgehead atoms. The summed E-state index contributed by atoms with van der Waals surface area (Å²) in [6.45, 7) is 21.7. The number of nitrogens with zero attached hydrogens (tertiary/aromatic N) is 2. The van der Waals surface area contributed by atoms with E-state index >= 15 is 0 Å². The Balaban J connectivity index is 0.685. The number of hydrogen-bond donors (Lipinski definition) is 2. The highest BCUT2D eigenvalue weighted by atomic mass is 16.6. The molecule has 4 spiro atoms. The number of amides is 2. The van der Waals surface area contributed by atoms with Crippen molar-refractivity contribution in [3.05, 3.63) is 44.5 Å². The summed E-state index contributed by atoms with van der Waals surface area (Å²) in [5.41, 5.74) is 11.5. The van der Waals surface area contributed by atoms with Crippen LogP contribution in [-0.4, -0.2) is 138 Å². The minimum Gasteiger partial charge on any atom is -0.444 e. The summed E-state index contributed by atoms with van der Waals surface area (Å²) in [6.07, 6.45) is -0.835. The van der Waals surface area contributed by atoms with Crippen molar-refractivity contribution in [2.45, 2.75) is 74.4 Å². The van der Waals surface area contributed by atoms with Crippen molar-refractivity contribution >= 4 is 271 Å². The molecule has 34 rings (SSSR count). The molecule has 98 heavy (non-hydrogen) atoms. The Bertz CT molecular complexity index is 7620. The zero-order chi connectivity index (χ0) is 62.6. The molecule has 12 nitrogen and oxygen atoms in total. The van der Waals surface area contributed by atoms with Crippen molar-refractivity contribution in [1.82, 2.24) is 20.4 Å². The lowest BCUT2D eigenvalue weighted by atomic mass is 9.50. The quantitative estimate of drug-likeness (QED) is 0.0635. The van der Waals surface area contributed by atoms with Gasteiger partial charge in [0.25, 0.3) is 0 Å². The Morgan fingerprint density at radius 3 is 0.622 bits per heavy atom. The Morgan fingerprint density at radius 1 is 0.265 bits per heavy atom. The highest BCUT2D eigenvalue weighted by Gasteiger charge is 2.77. The van der Waals surface area contributed by atoms with Gasteiger partial charge in [0.2, 0.25) is 0 Å². The van der Waals surface area contributed by atoms with Crippen LogP contribution >= 0.6 is 0 Å². The van der Waals surface area contributed by atoms with Crippen LogP contribution in [-0.2, 0) is 50.1 Å². The number of hydrogen-bond acceptors (Lipinski definition) is 10. The monoisotopic (exact) mass is 1270 g/mol. The molecule has 12 heteroatoms. The minimum absolute atomic E-state index is 0.313. The van der Waals surface area contributed by atoms with Gasteiger partial charge in [0, 0.05) is 52.4 Å². The van der Waals surface area contributed by atoms with E-state index in [1.165, 1.54) is 0 Å². The van der Waals surface area contributed by atoms with E-state index < -0.39 is 23.4 Å². The zero-order valence-corrected chi connectivity index (χ0v) is 54.5. The van der Waals surface area contributed by atoms with Crippen molar-refractivity contribution in [2.24, 2.45) is 0 Å². The second kappa shape index (κ2) is 12.5. The van der Waals surface area contributed by atoms with Crippen molar-refractivity contribution in [2.75, 3.05) is 105 Å². The molecule has 10 aliphatic rings. The van der Waals surface area contributed by atoms with Gasteiger partial charge in [0.05, 0.1) is 74.5 Å². The molecule has 2 amide bonds. The molecule has 0 radical (unpaired) electrons. The van der Waals surface area contributed by atoms with Gasteiger partial charge >= 0.3 is 12.2 Å². The highest BCUT2D eigenvalue weighted by molar-refractivity contribution is 6.78. The van der Waals surface area contributed by atoms with Gasteiger partial charge in [0.1, 0.15) is 11.2 Å². The molecule has 2 heterocycles. The van der Waals surface area contributed by atoms with Crippen LogP contribution in [0.15, 0.2) is 0 Å². The Labute approximate surface area is 550 Å². The Hall–Kier alpha value is -8.98. The molecule has 24 aromatic carbocycles. The van der Waals surface area contributed by atoms with Gasteiger partial charge in [-0.25, -0.2) is 9.59 Å². The first-order valence-corrected chi connectivity index (χ1v) is 36.6. The van der Waals surface area contributed by atoms with Gasteiger partial charge in [-0.2, -0.15) is 0 Å². The number of nitrogens with one attached hydrogen (secondary N) is 2. The van der Waals surface area contributed by atoms with Gasteiger partial charge in [-0.05, 0) is 345 Å². The molecular weight excluding hydrogens is 1220 g/mol. The lowest BCUT2D eigenvalue weighted by Crippen LogP contribution is -2.51. The van der Waals surface area contributed by atoms with Crippen LogP contribution in [0.2, 0.25) is 0 Å². The summed E-state index contributed by atoms with van der Waals surface area (Å²) < 4.78 is 36.6. The molecule has 2 N–H and O–H groups in total. The number of carbonyl (C=O) groups excluding carboxylic acids is 2. The molecule has 2 aliphatic heterocycles. The maximum atomic E-state index is 12.4. The fraction of sp³-hybridized carbons (Fsp3) is 0.326. The molecule has 4 atom stereocenters. The fourth-order valence-electron chi connectivity index (χ4n) is 29.7. The number of alkyl carbamates (subject to hydrolysis) is 2. The molecule has 4 unspecified atom stereocenters. The molecular formula is C86H52N4O8. The third-order valence-corrected chi connectivity index (χ3v) is 30.4. The van der Waals surface area contributed by atoms with E-state index in [2.05, 4.69) is 20.4 Å². The van der Waals surface area contributed by atoms with Gasteiger partial charge in [-0.1, -0.05) is 0 Å². The minimum atomic E-state index is -0.548. The van der Waals surface area contributed by atoms with Crippen LogP contribution in [0.1, 0.15) is 86.1 Å². The van der Waals surface area contributed by atoms with Crippen LogP contribution in [0.5, 0.6) is 0 Å². The summed E-state index contributed by atoms with van der Waals surface area (Å²) in [4.78, 5) is 30.7. The predicted octanol–water partition coefficient (Wildman–Crippen LogP) is 16.6. The Morgan fingerprint density at radius 2 is 0.429 bits per heavy atom. The predicted molar refractivity (Wildman–Crippen MR) is 392 cm³/mol. The van der Waals surface area contributed by atoms with Gasteiger partial charge in [0.15, 0.2) is 0 Å². The number of carbonyl (C=O) groups is 2. The van der Waals surface area contributed by atoms with E-state index in [0.29, 0.717) is 65.9 Å². The SMILES string of the molecule is CC(C)(C)OC(=O)NCCOCCOCCN1CC23c4c5c6c7c8c9c%10c%11c%12c%13c%14c%15c(c6c6c4c4c%16c%17c%18c(c%19c%20c2c5c8c2c%20c5c%19c8c%18c%18c%19c%17c%17c4c6c%15c4c%14c6c%12c%12c%14c%11c(c92)c5c%14c8c%18c%12c6c%19c4%17)C%163C1)C71CN(CCOCCOCCNC(=O)OC(C)(C)C)CC%10%131. The molecule has 2 saturated heterocycles. The second-order valence-electron chi connectivity index (χ2n) is 35.3. The lowest BCUT2D eigenvalue weighted by Gasteiger charge is -2.49. The summed E-state index contributed by atoms with van der Waals surface area (Å²) in [5.74, 6) is 0. The van der Waals surface area contributed by atoms with Crippen LogP contribution in [0, 0.1) is 0 Å². The average Bonchev–Trinajstić information content (AvgIpc) is 1.37. The fourth-order valence-corrected chi connectivity index (χ4v) is 29.7. The van der Waals surface area contributed by atoms with E-state index in [0.717, 1.165) is 39.3 Å². The number of likely N-dealkylation sites (tertiary alicyclic amines) is 2. The van der Waals surface area contributed by atoms with Crippen LogP contribution in [0.4, 0.5) is 9.59 Å². The van der Waals surface area contributed by atoms with Crippen LogP contribution in [0.25, 0.3) is 259 Å². The summed E-state index contributed by atoms with van der Waals surface area (Å²) in [7, 11) is 0. The van der Waals surface area contributed by atoms with E-state index in [1.807, 2.05) is 41.5 Å². The third kappa shape index (κ3) is 3.47. The smallest absolute Gasteiger partial charge is 0.407 e. The first-order valence-electron chi connectivity index (χ1n) is 36.6. The zero-order valence-electron chi connectivity index (χ0n) is 54.5. The molecule has 2 fully saturated rings. The topological polar surface area (TPSA) is 120 Å². The summed E-state index contributed by atoms with van der Waals surface area (Å²) in [6, 6.07) is 0. The molecule has 8 aliphatic carbocycles. The number of rotatable bonds is 18. The summed E-state index contributed by atoms with van der Waals surface area (Å²) in [5, 5.41) is 84.6. The summed E-state index contributed by atoms with van der Waals surface area (Å²) >= 11 is 0. The average molecular weight is 1270 g/mol. The molecule has 0 saturated carbocycles. The van der Waals surface area contributed by atoms with Crippen LogP contribution < -0.4 is 10.6 Å². The standard InChI is InChI=1S/C86H52N4O8/c1-81(2,3)97-79(91)87-7-11-93-15-17-95-13-9-89-19-83-71-55-43-31-23-24-28-25-29-37-45(33(25)31)57(55)73(83)63-51(37)42-50-40(29)48-36(28)44-32(24)34-26-27(23)35(43)47-39-30(26)38-46(34)58-56(44)72-60(48)62(50)76-68-53(42)65(63)77-69-67-54-41(49(39)61(59(47)71)75(67)85(77,83)21-89)52(38)64-66(54)78(70(68)69)86(76)22-90(20-84(72,86)74(58)64)10-14-96-18-16-94-12-8-88-80(92)98-82(4,5)6/h7-22H2,1-6H3,(H,87,91)(H,88,92). The van der Waals surface area contributed by atoms with E-state index in [1.54, 1.807) is 303 Å². The van der Waals surface area contributed by atoms with E-state index in [4.69, 9.17) is 28.4 Å². The third-order valence-electron chi connectivity index (χ3n) is 30.4. The Kier molecular flexibility index (Phi) is 6.00. The van der Waals surface area contributed by atoms with Crippen molar-refractivity contribution in [3.63, 3.8) is 0 Å². The number of benzene rings is 16. The first kappa shape index (κ1) is 47.1. The largest absolute Gasteiger partial charge is 0.444 e. The molecule has 464 valence electrons. The van der Waals surface area contributed by atoms with Crippen LogP contribution in [0.3, 0.4) is 0 Å². The van der Waals surface area contributed by atoms with Crippen molar-refractivity contribution < 1.29 is 38.0 Å². The van der Waals surface area contributed by atoms with Gasteiger partial charge < -0.3 is 39.1 Å². The normalized spacial score (nSPS) is 24.1. The first-order chi connectivity index (χ1) is 47.8. The molecule has 24 aromatic rings. The van der Waals surface area contributed by atoms with Gasteiger partial charge in [-0.3, -0.25) is 9.80 Å². The van der Waals surface area contributed by atoms with Crippen molar-refractivity contribution in [3.8, 4) is 0 Å². The maximum absolute atomic E-state index is 12.4. The second-order valence-corrected chi connectivity index (χ2v) is 35.3. The van der Waals surface area contributed by atoms with Gasteiger partial charge in [-0.15, -0.1) is 0 Å².